The smallest absolute Gasteiger partial charge is 0.240 e. The summed E-state index contributed by atoms with van der Waals surface area (Å²) in [6.45, 7) is 3.73. The van der Waals surface area contributed by atoms with Crippen molar-refractivity contribution in [1.29, 1.82) is 0 Å². The van der Waals surface area contributed by atoms with Crippen LogP contribution in [0, 0.1) is 6.92 Å². The molecule has 0 saturated carbocycles. The summed E-state index contributed by atoms with van der Waals surface area (Å²) in [7, 11) is 0. The quantitative estimate of drug-likeness (QED) is 0.839. The normalized spacial score (nSPS) is 21.1. The fourth-order valence-electron chi connectivity index (χ4n) is 2.44. The number of hydrogen-bond acceptors (Lipinski definition) is 5. The monoisotopic (exact) mass is 249 g/mol. The maximum absolute atomic E-state index is 5.19. The summed E-state index contributed by atoms with van der Waals surface area (Å²) < 4.78 is 5.19. The summed E-state index contributed by atoms with van der Waals surface area (Å²) in [6.07, 6.45) is 2.47. The lowest BCUT2D eigenvalue weighted by Crippen LogP contribution is -2.22. The third kappa shape index (κ3) is 2.25. The van der Waals surface area contributed by atoms with Crippen LogP contribution in [0.25, 0.3) is 0 Å². The highest BCUT2D eigenvalue weighted by Gasteiger charge is 2.27. The van der Waals surface area contributed by atoms with Crippen molar-refractivity contribution in [2.45, 2.75) is 32.4 Å². The number of likely N-dealkylation sites (tertiary alicyclic amines) is 1. The molecular formula is C12H15N3OS. The zero-order valence-corrected chi connectivity index (χ0v) is 10.6. The zero-order valence-electron chi connectivity index (χ0n) is 9.80. The van der Waals surface area contributed by atoms with Gasteiger partial charge in [-0.1, -0.05) is 5.16 Å². The Balaban J connectivity index is 1.74. The van der Waals surface area contributed by atoms with Gasteiger partial charge in [0.25, 0.3) is 0 Å². The Kier molecular flexibility index (Phi) is 2.94. The van der Waals surface area contributed by atoms with Crippen molar-refractivity contribution in [3.05, 3.63) is 34.1 Å². The van der Waals surface area contributed by atoms with Gasteiger partial charge in [0, 0.05) is 6.04 Å². The summed E-state index contributed by atoms with van der Waals surface area (Å²) in [5.41, 5.74) is 1.42. The van der Waals surface area contributed by atoms with E-state index in [-0.39, 0.29) is 0 Å². The molecule has 0 unspecified atom stereocenters. The Bertz CT molecular complexity index is 480. The van der Waals surface area contributed by atoms with E-state index < -0.39 is 0 Å². The van der Waals surface area contributed by atoms with Gasteiger partial charge < -0.3 is 4.52 Å². The highest BCUT2D eigenvalue weighted by Crippen LogP contribution is 2.33. The lowest BCUT2D eigenvalue weighted by Gasteiger charge is -2.21. The molecule has 0 radical (unpaired) electrons. The van der Waals surface area contributed by atoms with Crippen molar-refractivity contribution in [2.75, 3.05) is 6.54 Å². The van der Waals surface area contributed by atoms with Gasteiger partial charge in [-0.15, -0.1) is 0 Å². The molecule has 0 aromatic carbocycles. The molecule has 17 heavy (non-hydrogen) atoms. The standard InChI is InChI=1S/C12H15N3OS/c1-9-13-12(16-14-9)7-15-5-2-3-11(15)10-4-6-17-8-10/h4,6,8,11H,2-3,5,7H2,1H3/t11-/m0/s1. The third-order valence-electron chi connectivity index (χ3n) is 3.20. The molecule has 2 aromatic rings. The summed E-state index contributed by atoms with van der Waals surface area (Å²) >= 11 is 1.76. The predicted octanol–water partition coefficient (Wildman–Crippen LogP) is 2.78. The van der Waals surface area contributed by atoms with Crippen LogP contribution in [0.4, 0.5) is 0 Å². The summed E-state index contributed by atoms with van der Waals surface area (Å²) in [5.74, 6) is 1.44. The second kappa shape index (κ2) is 4.58. The molecule has 0 aliphatic carbocycles. The lowest BCUT2D eigenvalue weighted by molar-refractivity contribution is 0.212. The number of aryl methyl sites for hydroxylation is 1. The predicted molar refractivity (Wildman–Crippen MR) is 65.7 cm³/mol. The molecule has 1 aliphatic rings. The highest BCUT2D eigenvalue weighted by molar-refractivity contribution is 7.07. The molecule has 0 bridgehead atoms. The number of nitrogens with zero attached hydrogens (tertiary/aromatic N) is 3. The van der Waals surface area contributed by atoms with Crippen LogP contribution in [0.3, 0.4) is 0 Å². The van der Waals surface area contributed by atoms with Crippen LogP contribution >= 0.6 is 11.3 Å². The van der Waals surface area contributed by atoms with Crippen molar-refractivity contribution in [3.8, 4) is 0 Å². The maximum Gasteiger partial charge on any atom is 0.240 e. The van der Waals surface area contributed by atoms with Crippen LogP contribution in [-0.4, -0.2) is 21.6 Å². The van der Waals surface area contributed by atoms with Gasteiger partial charge >= 0.3 is 0 Å². The molecule has 0 amide bonds. The Morgan fingerprint density at radius 3 is 3.24 bits per heavy atom. The average molecular weight is 249 g/mol. The van der Waals surface area contributed by atoms with Crippen molar-refractivity contribution in [3.63, 3.8) is 0 Å². The first kappa shape index (κ1) is 10.9. The molecule has 1 atom stereocenters. The van der Waals surface area contributed by atoms with E-state index in [1.165, 1.54) is 18.4 Å². The minimum atomic E-state index is 0.522. The minimum Gasteiger partial charge on any atom is -0.338 e. The van der Waals surface area contributed by atoms with E-state index in [1.807, 2.05) is 6.92 Å². The van der Waals surface area contributed by atoms with Gasteiger partial charge in [0.2, 0.25) is 5.89 Å². The van der Waals surface area contributed by atoms with Crippen molar-refractivity contribution in [2.24, 2.45) is 0 Å². The maximum atomic E-state index is 5.19. The molecule has 1 aliphatic heterocycles. The van der Waals surface area contributed by atoms with E-state index in [0.717, 1.165) is 19.0 Å². The Morgan fingerprint density at radius 2 is 2.53 bits per heavy atom. The van der Waals surface area contributed by atoms with E-state index in [1.54, 1.807) is 11.3 Å². The second-order valence-corrected chi connectivity index (χ2v) is 5.20. The fraction of sp³-hybridized carbons (Fsp3) is 0.500. The molecule has 3 rings (SSSR count). The highest BCUT2D eigenvalue weighted by atomic mass is 32.1. The van der Waals surface area contributed by atoms with Crippen molar-refractivity contribution < 1.29 is 4.52 Å². The van der Waals surface area contributed by atoms with Crippen molar-refractivity contribution in [1.82, 2.24) is 15.0 Å². The number of thiophene rings is 1. The van der Waals surface area contributed by atoms with Gasteiger partial charge in [-0.25, -0.2) is 0 Å². The lowest BCUT2D eigenvalue weighted by atomic mass is 10.1. The summed E-state index contributed by atoms with van der Waals surface area (Å²) in [4.78, 5) is 6.70. The van der Waals surface area contributed by atoms with Crippen LogP contribution in [0.15, 0.2) is 21.3 Å². The van der Waals surface area contributed by atoms with Gasteiger partial charge in [0.15, 0.2) is 5.82 Å². The molecule has 3 heterocycles. The van der Waals surface area contributed by atoms with Gasteiger partial charge in [0.1, 0.15) is 0 Å². The topological polar surface area (TPSA) is 42.2 Å². The number of rotatable bonds is 3. The van der Waals surface area contributed by atoms with Crippen molar-refractivity contribution >= 4 is 11.3 Å². The minimum absolute atomic E-state index is 0.522. The van der Waals surface area contributed by atoms with E-state index in [9.17, 15) is 0 Å². The van der Waals surface area contributed by atoms with E-state index in [2.05, 4.69) is 31.9 Å². The first-order chi connectivity index (χ1) is 8.33. The van der Waals surface area contributed by atoms with Gasteiger partial charge in [-0.2, -0.15) is 16.3 Å². The Labute approximate surface area is 104 Å². The number of hydrogen-bond donors (Lipinski definition) is 0. The molecule has 0 spiro atoms. The molecule has 0 N–H and O–H groups in total. The molecule has 2 aromatic heterocycles. The first-order valence-electron chi connectivity index (χ1n) is 5.88. The molecular weight excluding hydrogens is 234 g/mol. The summed E-state index contributed by atoms with van der Waals surface area (Å²) in [6, 6.07) is 2.74. The zero-order chi connectivity index (χ0) is 11.7. The third-order valence-corrected chi connectivity index (χ3v) is 3.90. The fourth-order valence-corrected chi connectivity index (χ4v) is 3.14. The molecule has 4 nitrogen and oxygen atoms in total. The second-order valence-electron chi connectivity index (χ2n) is 4.42. The Morgan fingerprint density at radius 1 is 1.59 bits per heavy atom. The van der Waals surface area contributed by atoms with Crippen LogP contribution in [-0.2, 0) is 6.54 Å². The van der Waals surface area contributed by atoms with E-state index in [0.29, 0.717) is 11.9 Å². The molecule has 90 valence electrons. The van der Waals surface area contributed by atoms with Gasteiger partial charge in [-0.3, -0.25) is 4.90 Å². The van der Waals surface area contributed by atoms with Crippen LogP contribution in [0.1, 0.15) is 36.2 Å². The first-order valence-corrected chi connectivity index (χ1v) is 6.82. The Hall–Kier alpha value is -1.20. The molecule has 1 fully saturated rings. The van der Waals surface area contributed by atoms with Crippen LogP contribution in [0.5, 0.6) is 0 Å². The van der Waals surface area contributed by atoms with E-state index >= 15 is 0 Å². The van der Waals surface area contributed by atoms with Crippen LogP contribution in [0.2, 0.25) is 0 Å². The number of aromatic nitrogens is 2. The largest absolute Gasteiger partial charge is 0.338 e. The van der Waals surface area contributed by atoms with Gasteiger partial charge in [0.05, 0.1) is 6.54 Å². The van der Waals surface area contributed by atoms with Crippen LogP contribution < -0.4 is 0 Å². The summed E-state index contributed by atoms with van der Waals surface area (Å²) in [5, 5.41) is 8.22. The molecule has 5 heteroatoms. The van der Waals surface area contributed by atoms with Gasteiger partial charge in [-0.05, 0) is 48.7 Å². The van der Waals surface area contributed by atoms with E-state index in [4.69, 9.17) is 4.52 Å². The SMILES string of the molecule is Cc1noc(CN2CCC[C@H]2c2ccsc2)n1. The molecule has 1 saturated heterocycles. The average Bonchev–Trinajstić information content (AvgIpc) is 3.00.